The van der Waals surface area contributed by atoms with Gasteiger partial charge in [0, 0.05) is 19.8 Å². The molecule has 106 valence electrons. The molecule has 5 nitrogen and oxygen atoms in total. The third-order valence-corrected chi connectivity index (χ3v) is 3.47. The van der Waals surface area contributed by atoms with E-state index in [1.807, 2.05) is 30.3 Å². The van der Waals surface area contributed by atoms with E-state index in [4.69, 9.17) is 9.47 Å². The summed E-state index contributed by atoms with van der Waals surface area (Å²) in [5.41, 5.74) is 0.410. The van der Waals surface area contributed by atoms with E-state index in [1.165, 1.54) is 0 Å². The van der Waals surface area contributed by atoms with Gasteiger partial charge < -0.3 is 14.8 Å². The lowest BCUT2D eigenvalue weighted by atomic mass is 9.82. The maximum Gasteiger partial charge on any atom is 0.407 e. The topological polar surface area (TPSA) is 71.4 Å². The minimum absolute atomic E-state index is 0.231. The summed E-state index contributed by atoms with van der Waals surface area (Å²) in [6.07, 6.45) is 0.792. The molecule has 0 aromatic heterocycles. The molecule has 0 unspecified atom stereocenters. The Labute approximate surface area is 118 Å². The van der Waals surface area contributed by atoms with Gasteiger partial charge in [-0.15, -0.1) is 0 Å². The van der Waals surface area contributed by atoms with Gasteiger partial charge in [0.25, 0.3) is 0 Å². The molecular weight excluding hydrogens is 256 g/mol. The van der Waals surface area contributed by atoms with Crippen molar-refractivity contribution in [1.29, 1.82) is 5.26 Å². The van der Waals surface area contributed by atoms with Crippen LogP contribution in [0.5, 0.6) is 0 Å². The Kier molecular flexibility index (Phi) is 4.97. The molecule has 1 heterocycles. The Morgan fingerprint density at radius 1 is 1.35 bits per heavy atom. The molecule has 1 fully saturated rings. The predicted octanol–water partition coefficient (Wildman–Crippen LogP) is 2.23. The van der Waals surface area contributed by atoms with Crippen molar-refractivity contribution in [2.45, 2.75) is 19.4 Å². The van der Waals surface area contributed by atoms with Crippen molar-refractivity contribution >= 4 is 6.09 Å². The van der Waals surface area contributed by atoms with E-state index in [2.05, 4.69) is 11.4 Å². The average molecular weight is 274 g/mol. The minimum Gasteiger partial charge on any atom is -0.445 e. The highest BCUT2D eigenvalue weighted by atomic mass is 16.5. The summed E-state index contributed by atoms with van der Waals surface area (Å²) in [6.45, 7) is 1.67. The van der Waals surface area contributed by atoms with Crippen LogP contribution in [-0.2, 0) is 16.1 Å². The third kappa shape index (κ3) is 3.97. The van der Waals surface area contributed by atoms with Gasteiger partial charge in [-0.1, -0.05) is 30.3 Å². The number of hydrogen-bond donors (Lipinski definition) is 1. The van der Waals surface area contributed by atoms with Gasteiger partial charge in [0.1, 0.15) is 6.61 Å². The summed E-state index contributed by atoms with van der Waals surface area (Å²) in [5, 5.41) is 11.9. The minimum atomic E-state index is -0.524. The first-order valence-corrected chi connectivity index (χ1v) is 6.68. The summed E-state index contributed by atoms with van der Waals surface area (Å²) in [4.78, 5) is 11.6. The molecule has 5 heteroatoms. The third-order valence-electron chi connectivity index (χ3n) is 3.47. The van der Waals surface area contributed by atoms with Crippen LogP contribution in [0.15, 0.2) is 30.3 Å². The molecule has 0 radical (unpaired) electrons. The molecule has 1 saturated heterocycles. The van der Waals surface area contributed by atoms with E-state index in [0.29, 0.717) is 32.6 Å². The molecule has 2 rings (SSSR count). The normalized spacial score (nSPS) is 16.9. The Bertz CT molecular complexity index is 476. The Morgan fingerprint density at radius 2 is 2.05 bits per heavy atom. The van der Waals surface area contributed by atoms with Gasteiger partial charge in [0.15, 0.2) is 0 Å². The zero-order valence-corrected chi connectivity index (χ0v) is 11.3. The lowest BCUT2D eigenvalue weighted by Crippen LogP contribution is -2.40. The quantitative estimate of drug-likeness (QED) is 0.914. The van der Waals surface area contributed by atoms with Gasteiger partial charge in [-0.2, -0.15) is 5.26 Å². The number of carbonyl (C=O) groups excluding carboxylic acids is 1. The van der Waals surface area contributed by atoms with Gasteiger partial charge in [-0.25, -0.2) is 4.79 Å². The van der Waals surface area contributed by atoms with Crippen molar-refractivity contribution in [3.8, 4) is 6.07 Å². The first-order valence-electron chi connectivity index (χ1n) is 6.68. The van der Waals surface area contributed by atoms with Gasteiger partial charge in [-0.3, -0.25) is 0 Å². The van der Waals surface area contributed by atoms with Gasteiger partial charge >= 0.3 is 6.09 Å². The van der Waals surface area contributed by atoms with E-state index in [0.717, 1.165) is 5.56 Å². The number of benzene rings is 1. The molecule has 0 atom stereocenters. The molecule has 1 aromatic rings. The summed E-state index contributed by atoms with van der Waals surface area (Å²) in [6, 6.07) is 11.8. The van der Waals surface area contributed by atoms with E-state index >= 15 is 0 Å². The second-order valence-electron chi connectivity index (χ2n) is 4.92. The molecule has 1 amide bonds. The van der Waals surface area contributed by atoms with Crippen LogP contribution in [0.2, 0.25) is 0 Å². The molecular formula is C15H18N2O3. The van der Waals surface area contributed by atoms with Gasteiger partial charge in [0.05, 0.1) is 11.5 Å². The summed E-state index contributed by atoms with van der Waals surface area (Å²) < 4.78 is 10.4. The van der Waals surface area contributed by atoms with Crippen LogP contribution in [0.4, 0.5) is 4.79 Å². The fourth-order valence-electron chi connectivity index (χ4n) is 2.11. The first kappa shape index (κ1) is 14.4. The van der Waals surface area contributed by atoms with Crippen molar-refractivity contribution < 1.29 is 14.3 Å². The molecule has 1 aromatic carbocycles. The number of rotatable bonds is 4. The molecule has 0 saturated carbocycles. The Hall–Kier alpha value is -2.06. The smallest absolute Gasteiger partial charge is 0.407 e. The van der Waals surface area contributed by atoms with E-state index in [-0.39, 0.29) is 6.61 Å². The molecule has 0 bridgehead atoms. The lowest BCUT2D eigenvalue weighted by Gasteiger charge is -2.30. The number of hydrogen-bond acceptors (Lipinski definition) is 4. The number of nitrogens with zero attached hydrogens (tertiary/aromatic N) is 1. The van der Waals surface area contributed by atoms with E-state index < -0.39 is 11.5 Å². The standard InChI is InChI=1S/C15H18N2O3/c16-11-15(6-8-19-9-7-15)12-17-14(18)20-10-13-4-2-1-3-5-13/h1-5H,6-10,12H2,(H,17,18). The molecule has 1 aliphatic heterocycles. The first-order chi connectivity index (χ1) is 9.74. The number of ether oxygens (including phenoxy) is 2. The molecule has 1 aliphatic rings. The van der Waals surface area contributed by atoms with E-state index in [1.54, 1.807) is 0 Å². The Balaban J connectivity index is 1.76. The lowest BCUT2D eigenvalue weighted by molar-refractivity contribution is 0.0395. The molecule has 0 spiro atoms. The van der Waals surface area contributed by atoms with Crippen LogP contribution in [0.25, 0.3) is 0 Å². The monoisotopic (exact) mass is 274 g/mol. The fraction of sp³-hybridized carbons (Fsp3) is 0.467. The largest absolute Gasteiger partial charge is 0.445 e. The van der Waals surface area contributed by atoms with Crippen molar-refractivity contribution in [3.63, 3.8) is 0 Å². The SMILES string of the molecule is N#CC1(CNC(=O)OCc2ccccc2)CCOCC1. The zero-order valence-electron chi connectivity index (χ0n) is 11.3. The van der Waals surface area contributed by atoms with Gasteiger partial charge in [-0.05, 0) is 18.4 Å². The summed E-state index contributed by atoms with van der Waals surface area (Å²) in [5.74, 6) is 0. The predicted molar refractivity (Wildman–Crippen MR) is 72.7 cm³/mol. The highest BCUT2D eigenvalue weighted by Gasteiger charge is 2.33. The molecule has 0 aliphatic carbocycles. The summed E-state index contributed by atoms with van der Waals surface area (Å²) in [7, 11) is 0. The van der Waals surface area contributed by atoms with Crippen LogP contribution in [0.3, 0.4) is 0 Å². The number of nitrogens with one attached hydrogen (secondary N) is 1. The van der Waals surface area contributed by atoms with Crippen molar-refractivity contribution in [2.75, 3.05) is 19.8 Å². The maximum atomic E-state index is 11.6. The van der Waals surface area contributed by atoms with Crippen LogP contribution in [-0.4, -0.2) is 25.9 Å². The number of carbonyl (C=O) groups is 1. The maximum absolute atomic E-state index is 11.6. The second-order valence-corrected chi connectivity index (χ2v) is 4.92. The second kappa shape index (κ2) is 6.92. The number of alkyl carbamates (subject to hydrolysis) is 1. The van der Waals surface area contributed by atoms with Crippen molar-refractivity contribution in [1.82, 2.24) is 5.32 Å². The van der Waals surface area contributed by atoms with Crippen molar-refractivity contribution in [2.24, 2.45) is 5.41 Å². The van der Waals surface area contributed by atoms with Crippen LogP contribution < -0.4 is 5.32 Å². The fourth-order valence-corrected chi connectivity index (χ4v) is 2.11. The van der Waals surface area contributed by atoms with Crippen molar-refractivity contribution in [3.05, 3.63) is 35.9 Å². The highest BCUT2D eigenvalue weighted by molar-refractivity contribution is 5.67. The van der Waals surface area contributed by atoms with Crippen LogP contribution in [0.1, 0.15) is 18.4 Å². The number of amides is 1. The Morgan fingerprint density at radius 3 is 2.70 bits per heavy atom. The van der Waals surface area contributed by atoms with E-state index in [9.17, 15) is 10.1 Å². The average Bonchev–Trinajstić information content (AvgIpc) is 2.53. The molecule has 1 N–H and O–H groups in total. The van der Waals surface area contributed by atoms with Crippen LogP contribution >= 0.6 is 0 Å². The number of nitriles is 1. The van der Waals surface area contributed by atoms with Crippen LogP contribution in [0, 0.1) is 16.7 Å². The highest BCUT2D eigenvalue weighted by Crippen LogP contribution is 2.28. The molecule has 20 heavy (non-hydrogen) atoms. The van der Waals surface area contributed by atoms with Gasteiger partial charge in [0.2, 0.25) is 0 Å². The zero-order chi connectivity index (χ0) is 14.3. The summed E-state index contributed by atoms with van der Waals surface area (Å²) >= 11 is 0.